The van der Waals surface area contributed by atoms with Gasteiger partial charge in [0.25, 0.3) is 11.6 Å². The maximum absolute atomic E-state index is 11.9. The molecular formula is C13H10N4O6. The molecule has 0 bridgehead atoms. The summed E-state index contributed by atoms with van der Waals surface area (Å²) >= 11 is 0. The lowest BCUT2D eigenvalue weighted by Gasteiger charge is -2.01. The van der Waals surface area contributed by atoms with Gasteiger partial charge in [0.15, 0.2) is 5.76 Å². The summed E-state index contributed by atoms with van der Waals surface area (Å²) in [7, 11) is 0. The van der Waals surface area contributed by atoms with Crippen LogP contribution in [-0.4, -0.2) is 21.5 Å². The third-order valence-corrected chi connectivity index (χ3v) is 2.77. The number of amides is 1. The maximum Gasteiger partial charge on any atom is 0.433 e. The molecule has 10 heteroatoms. The Morgan fingerprint density at radius 3 is 2.52 bits per heavy atom. The zero-order valence-electron chi connectivity index (χ0n) is 11.8. The summed E-state index contributed by atoms with van der Waals surface area (Å²) in [4.78, 5) is 31.8. The number of nitro benzene ring substituents is 1. The minimum absolute atomic E-state index is 0.0566. The third kappa shape index (κ3) is 3.75. The summed E-state index contributed by atoms with van der Waals surface area (Å²) in [6.45, 7) is 1.48. The predicted molar refractivity (Wildman–Crippen MR) is 78.1 cm³/mol. The van der Waals surface area contributed by atoms with Crippen LogP contribution in [-0.2, 0) is 0 Å². The average Bonchev–Trinajstić information content (AvgIpc) is 3.02. The summed E-state index contributed by atoms with van der Waals surface area (Å²) in [6.07, 6.45) is 0. The number of non-ortho nitro benzene ring substituents is 1. The summed E-state index contributed by atoms with van der Waals surface area (Å²) < 4.78 is 4.92. The van der Waals surface area contributed by atoms with Crippen molar-refractivity contribution in [2.75, 3.05) is 0 Å². The second-order valence-electron chi connectivity index (χ2n) is 4.34. The van der Waals surface area contributed by atoms with Crippen molar-refractivity contribution in [3.05, 3.63) is 68.0 Å². The minimum Gasteiger partial charge on any atom is -0.399 e. The first-order valence-electron chi connectivity index (χ1n) is 6.22. The molecule has 0 aliphatic carbocycles. The fourth-order valence-corrected chi connectivity index (χ4v) is 1.64. The van der Waals surface area contributed by atoms with Gasteiger partial charge in [0, 0.05) is 17.7 Å². The van der Waals surface area contributed by atoms with Crippen LogP contribution in [0.25, 0.3) is 0 Å². The molecule has 118 valence electrons. The number of nitrogens with zero attached hydrogens (tertiary/aromatic N) is 3. The van der Waals surface area contributed by atoms with Gasteiger partial charge in [-0.25, -0.2) is 5.43 Å². The first-order valence-corrected chi connectivity index (χ1v) is 6.22. The highest BCUT2D eigenvalue weighted by Gasteiger charge is 2.14. The third-order valence-electron chi connectivity index (χ3n) is 2.77. The fourth-order valence-electron chi connectivity index (χ4n) is 1.64. The molecule has 0 saturated carbocycles. The van der Waals surface area contributed by atoms with Crippen molar-refractivity contribution in [3.8, 4) is 0 Å². The smallest absolute Gasteiger partial charge is 0.399 e. The highest BCUT2D eigenvalue weighted by Crippen LogP contribution is 2.16. The SMILES string of the molecule is CC(=NNC(=O)c1cccc([N+](=O)[O-])c1)c1ccc([N+](=O)[O-])o1. The minimum atomic E-state index is -0.696. The lowest BCUT2D eigenvalue weighted by molar-refractivity contribution is -0.402. The lowest BCUT2D eigenvalue weighted by Crippen LogP contribution is -2.19. The van der Waals surface area contributed by atoms with Crippen LogP contribution in [0.1, 0.15) is 23.0 Å². The first kappa shape index (κ1) is 15.8. The van der Waals surface area contributed by atoms with Crippen molar-refractivity contribution >= 4 is 23.2 Å². The van der Waals surface area contributed by atoms with E-state index in [-0.39, 0.29) is 22.7 Å². The molecule has 23 heavy (non-hydrogen) atoms. The Balaban J connectivity index is 2.11. The van der Waals surface area contributed by atoms with E-state index >= 15 is 0 Å². The van der Waals surface area contributed by atoms with E-state index in [1.165, 1.54) is 31.2 Å². The maximum atomic E-state index is 11.9. The van der Waals surface area contributed by atoms with Crippen LogP contribution in [0, 0.1) is 20.2 Å². The number of benzene rings is 1. The van der Waals surface area contributed by atoms with Gasteiger partial charge in [-0.15, -0.1) is 0 Å². The quantitative estimate of drug-likeness (QED) is 0.509. The van der Waals surface area contributed by atoms with E-state index in [2.05, 4.69) is 10.5 Å². The number of furan rings is 1. The summed E-state index contributed by atoms with van der Waals surface area (Å²) in [6, 6.07) is 7.64. The molecule has 10 nitrogen and oxygen atoms in total. The van der Waals surface area contributed by atoms with Crippen molar-refractivity contribution in [2.45, 2.75) is 6.92 Å². The summed E-state index contributed by atoms with van der Waals surface area (Å²) in [5, 5.41) is 24.9. The second kappa shape index (κ2) is 6.47. The number of carbonyl (C=O) groups excluding carboxylic acids is 1. The summed E-state index contributed by atoms with van der Waals surface area (Å²) in [5.74, 6) is -0.982. The molecule has 0 saturated heterocycles. The van der Waals surface area contributed by atoms with Gasteiger partial charge >= 0.3 is 5.88 Å². The topological polar surface area (TPSA) is 141 Å². The first-order chi connectivity index (χ1) is 10.9. The molecule has 0 unspecified atom stereocenters. The number of hydrazone groups is 1. The van der Waals surface area contributed by atoms with E-state index in [0.717, 1.165) is 12.1 Å². The number of hydrogen-bond acceptors (Lipinski definition) is 7. The molecule has 0 atom stereocenters. The van der Waals surface area contributed by atoms with Gasteiger partial charge in [-0.05, 0) is 19.1 Å². The van der Waals surface area contributed by atoms with Crippen molar-refractivity contribution in [1.29, 1.82) is 0 Å². The van der Waals surface area contributed by atoms with Crippen LogP contribution in [0.5, 0.6) is 0 Å². The summed E-state index contributed by atoms with van der Waals surface area (Å²) in [5.41, 5.74) is 2.24. The van der Waals surface area contributed by atoms with Gasteiger partial charge in [0.1, 0.15) is 10.6 Å². The van der Waals surface area contributed by atoms with Crippen LogP contribution in [0.4, 0.5) is 11.6 Å². The molecule has 1 N–H and O–H groups in total. The van der Waals surface area contributed by atoms with Gasteiger partial charge < -0.3 is 4.42 Å². The Labute approximate surface area is 128 Å². The van der Waals surface area contributed by atoms with Crippen molar-refractivity contribution in [1.82, 2.24) is 5.43 Å². The van der Waals surface area contributed by atoms with Gasteiger partial charge in [-0.1, -0.05) is 6.07 Å². The van der Waals surface area contributed by atoms with Crippen LogP contribution in [0.2, 0.25) is 0 Å². The molecule has 1 heterocycles. The Kier molecular flexibility index (Phi) is 4.45. The van der Waals surface area contributed by atoms with E-state index < -0.39 is 21.6 Å². The highest BCUT2D eigenvalue weighted by molar-refractivity contribution is 5.99. The Morgan fingerprint density at radius 1 is 1.17 bits per heavy atom. The van der Waals surface area contributed by atoms with Gasteiger partial charge in [-0.2, -0.15) is 5.10 Å². The highest BCUT2D eigenvalue weighted by atomic mass is 16.6. The van der Waals surface area contributed by atoms with Crippen molar-refractivity contribution < 1.29 is 19.1 Å². The zero-order chi connectivity index (χ0) is 17.0. The molecule has 2 aromatic rings. The molecule has 1 amide bonds. The standard InChI is InChI=1S/C13H10N4O6/c1-8(11-5-6-12(23-11)17(21)22)14-15-13(18)9-3-2-4-10(7-9)16(19)20/h2-7H,1H3,(H,15,18). The van der Waals surface area contributed by atoms with Gasteiger partial charge in [0.2, 0.25) is 0 Å². The van der Waals surface area contributed by atoms with Crippen LogP contribution >= 0.6 is 0 Å². The van der Waals surface area contributed by atoms with Crippen LogP contribution in [0.15, 0.2) is 45.9 Å². The van der Waals surface area contributed by atoms with E-state index in [1.807, 2.05) is 0 Å². The fraction of sp³-hybridized carbons (Fsp3) is 0.0769. The molecule has 1 aromatic heterocycles. The van der Waals surface area contributed by atoms with Crippen molar-refractivity contribution in [2.24, 2.45) is 5.10 Å². The van der Waals surface area contributed by atoms with E-state index in [9.17, 15) is 25.0 Å². The monoisotopic (exact) mass is 318 g/mol. The number of carbonyl (C=O) groups is 1. The second-order valence-corrected chi connectivity index (χ2v) is 4.34. The van der Waals surface area contributed by atoms with Crippen molar-refractivity contribution in [3.63, 3.8) is 0 Å². The molecule has 1 aromatic carbocycles. The van der Waals surface area contributed by atoms with Crippen LogP contribution in [0.3, 0.4) is 0 Å². The number of rotatable bonds is 5. The normalized spacial score (nSPS) is 11.1. The average molecular weight is 318 g/mol. The Bertz CT molecular complexity index is 810. The number of hydrogen-bond donors (Lipinski definition) is 1. The zero-order valence-corrected chi connectivity index (χ0v) is 11.8. The van der Waals surface area contributed by atoms with E-state index in [0.29, 0.717) is 0 Å². The molecule has 0 aliphatic rings. The lowest BCUT2D eigenvalue weighted by atomic mass is 10.2. The molecule has 0 aliphatic heterocycles. The van der Waals surface area contributed by atoms with E-state index in [1.54, 1.807) is 0 Å². The Morgan fingerprint density at radius 2 is 1.91 bits per heavy atom. The molecule has 0 fully saturated rings. The molecular weight excluding hydrogens is 308 g/mol. The molecule has 2 rings (SSSR count). The largest absolute Gasteiger partial charge is 0.433 e. The van der Waals surface area contributed by atoms with Gasteiger partial charge in [-0.3, -0.25) is 25.0 Å². The van der Waals surface area contributed by atoms with Gasteiger partial charge in [0.05, 0.1) is 11.0 Å². The number of nitro groups is 2. The predicted octanol–water partition coefficient (Wildman–Crippen LogP) is 2.25. The Hall–Kier alpha value is -3.56. The number of nitrogens with one attached hydrogen (secondary N) is 1. The molecule has 0 spiro atoms. The van der Waals surface area contributed by atoms with Crippen LogP contribution < -0.4 is 5.43 Å². The van der Waals surface area contributed by atoms with E-state index in [4.69, 9.17) is 4.42 Å². The molecule has 0 radical (unpaired) electrons.